The van der Waals surface area contributed by atoms with E-state index in [1.165, 1.54) is 35.2 Å². The smallest absolute Gasteiger partial charge is 0.320 e. The molecule has 2 aliphatic rings. The van der Waals surface area contributed by atoms with Crippen LogP contribution in [-0.4, -0.2) is 54.4 Å². The van der Waals surface area contributed by atoms with Crippen molar-refractivity contribution in [2.75, 3.05) is 0 Å². The second kappa shape index (κ2) is 14.5. The molecule has 4 aromatic rings. The summed E-state index contributed by atoms with van der Waals surface area (Å²) in [5.41, 5.74) is 1.67. The second-order valence-corrected chi connectivity index (χ2v) is 11.6. The lowest BCUT2D eigenvalue weighted by Gasteiger charge is -2.37. The number of benzene rings is 2. The molecule has 2 aromatic heterocycles. The number of hydrogen-bond donors (Lipinski definition) is 2. The van der Waals surface area contributed by atoms with Crippen LogP contribution in [0.1, 0.15) is 51.3 Å². The highest BCUT2D eigenvalue weighted by molar-refractivity contribution is 9.08. The number of imidazole rings is 1. The molecule has 0 bridgehead atoms. The van der Waals surface area contributed by atoms with Crippen LogP contribution in [0.5, 0.6) is 0 Å². The molecule has 2 atom stereocenters. The third kappa shape index (κ3) is 7.80. The molecule has 238 valence electrons. The number of hydrogen-bond acceptors (Lipinski definition) is 6. The number of H-pyrrole nitrogens is 1. The molecule has 6 rings (SSSR count). The summed E-state index contributed by atoms with van der Waals surface area (Å²) in [4.78, 5) is 59.3. The molecule has 0 aliphatic carbocycles. The zero-order chi connectivity index (χ0) is 32.8. The summed E-state index contributed by atoms with van der Waals surface area (Å²) < 4.78 is 28.3. The number of nitrogens with one attached hydrogen (secondary N) is 2. The Morgan fingerprint density at radius 2 is 1.51 bits per heavy atom. The van der Waals surface area contributed by atoms with Crippen molar-refractivity contribution in [1.82, 2.24) is 29.3 Å². The van der Waals surface area contributed by atoms with Gasteiger partial charge in [0, 0.05) is 30.2 Å². The number of fused-ring (bicyclic) bond motifs is 2. The lowest BCUT2D eigenvalue weighted by atomic mass is 10.0. The molecule has 2 N–H and O–H groups in total. The average molecular weight is 687 g/mol. The fourth-order valence-corrected chi connectivity index (χ4v) is 5.36. The van der Waals surface area contributed by atoms with Crippen molar-refractivity contribution >= 4 is 45.2 Å². The molecule has 11 nitrogen and oxygen atoms in total. The van der Waals surface area contributed by atoms with E-state index in [0.29, 0.717) is 24.1 Å². The Hall–Kier alpha value is -4.46. The number of imide groups is 1. The van der Waals surface area contributed by atoms with Crippen molar-refractivity contribution in [2.45, 2.75) is 64.2 Å². The predicted octanol–water partition coefficient (Wildman–Crippen LogP) is 4.74. The molecule has 2 unspecified atom stereocenters. The summed E-state index contributed by atoms with van der Waals surface area (Å²) in [6.45, 7) is 7.90. The third-order valence-corrected chi connectivity index (χ3v) is 7.82. The maximum Gasteiger partial charge on any atom is 0.330 e. The van der Waals surface area contributed by atoms with Crippen LogP contribution in [0.15, 0.2) is 69.4 Å². The van der Waals surface area contributed by atoms with Gasteiger partial charge in [-0.05, 0) is 69.5 Å². The monoisotopic (exact) mass is 685 g/mol. The van der Waals surface area contributed by atoms with Crippen molar-refractivity contribution in [2.24, 2.45) is 10.9 Å². The summed E-state index contributed by atoms with van der Waals surface area (Å²) >= 11 is 3.26. The number of nitrogens with zero attached hydrogens (tertiary/aromatic N) is 5. The zero-order valence-electron chi connectivity index (χ0n) is 25.2. The molecule has 2 aliphatic heterocycles. The third-order valence-electron chi connectivity index (χ3n) is 7.17. The van der Waals surface area contributed by atoms with E-state index in [0.717, 1.165) is 16.5 Å². The second-order valence-electron chi connectivity index (χ2n) is 11.0. The fourth-order valence-electron chi connectivity index (χ4n) is 4.99. The minimum Gasteiger partial charge on any atom is -0.320 e. The van der Waals surface area contributed by atoms with Gasteiger partial charge in [-0.1, -0.05) is 40.2 Å². The standard InChI is InChI=1S/C15H15FN4O2.C9H13N3O2.C7H6BrF/c1-9(2)20-13-12(14(21)18-15(20)22)19(8-17-13)7-10-3-5-11(16)6-4-10;1-5(2)12-7-6(3-4-10-7)8(13)11-9(12)14;8-5-6-1-3-7(9)4-2-6/h3-6,8-9H,7H2,1-2H3,(H,18,21,22);4-7H,3H2,1-2H3,(H,11,13,14);1-4H,5H2. The van der Waals surface area contributed by atoms with Gasteiger partial charge in [-0.3, -0.25) is 34.3 Å². The van der Waals surface area contributed by atoms with Crippen molar-refractivity contribution < 1.29 is 18.4 Å². The fraction of sp³-hybridized carbons (Fsp3) is 0.355. The minimum atomic E-state index is -0.475. The largest absolute Gasteiger partial charge is 0.330 e. The zero-order valence-corrected chi connectivity index (χ0v) is 26.8. The highest BCUT2D eigenvalue weighted by atomic mass is 79.9. The summed E-state index contributed by atoms with van der Waals surface area (Å²) in [5.74, 6) is -0.880. The van der Waals surface area contributed by atoms with Crippen LogP contribution in [-0.2, 0) is 16.7 Å². The normalized spacial score (nSPS) is 17.1. The first-order valence-corrected chi connectivity index (χ1v) is 15.4. The van der Waals surface area contributed by atoms with E-state index in [9.17, 15) is 28.0 Å². The van der Waals surface area contributed by atoms with Crippen LogP contribution in [0.3, 0.4) is 0 Å². The van der Waals surface area contributed by atoms with E-state index in [4.69, 9.17) is 0 Å². The molecule has 45 heavy (non-hydrogen) atoms. The summed E-state index contributed by atoms with van der Waals surface area (Å²) in [5, 5.41) is 3.14. The number of rotatable bonds is 5. The number of carbonyl (C=O) groups is 2. The summed E-state index contributed by atoms with van der Waals surface area (Å²) in [6.07, 6.45) is 3.59. The molecule has 14 heteroatoms. The highest BCUT2D eigenvalue weighted by Crippen LogP contribution is 2.26. The lowest BCUT2D eigenvalue weighted by molar-refractivity contribution is -0.127. The first kappa shape index (κ1) is 33.4. The predicted molar refractivity (Wildman–Crippen MR) is 170 cm³/mol. The summed E-state index contributed by atoms with van der Waals surface area (Å²) in [7, 11) is 0. The van der Waals surface area contributed by atoms with E-state index in [1.54, 1.807) is 39.9 Å². The van der Waals surface area contributed by atoms with Crippen LogP contribution >= 0.6 is 15.9 Å². The number of urea groups is 1. The minimum absolute atomic E-state index is 0.0610. The maximum absolute atomic E-state index is 13.0. The SMILES string of the molecule is CC(C)N1C(=O)NC(=O)C2CC=NC21.CC(C)n1c(=O)[nH]c(=O)c2c1ncn2Cc1ccc(F)cc1.Fc1ccc(CBr)cc1. The molecular weight excluding hydrogens is 652 g/mol. The molecule has 0 saturated carbocycles. The van der Waals surface area contributed by atoms with Crippen LogP contribution in [0.2, 0.25) is 0 Å². The highest BCUT2D eigenvalue weighted by Gasteiger charge is 2.43. The van der Waals surface area contributed by atoms with Crippen LogP contribution in [0, 0.1) is 17.6 Å². The quantitative estimate of drug-likeness (QED) is 0.293. The molecule has 2 aromatic carbocycles. The van der Waals surface area contributed by atoms with Gasteiger partial charge in [0.15, 0.2) is 11.2 Å². The van der Waals surface area contributed by atoms with Gasteiger partial charge >= 0.3 is 11.7 Å². The van der Waals surface area contributed by atoms with Crippen LogP contribution < -0.4 is 16.6 Å². The van der Waals surface area contributed by atoms with Crippen molar-refractivity contribution in [3.8, 4) is 0 Å². The summed E-state index contributed by atoms with van der Waals surface area (Å²) in [6, 6.07) is 12.0. The van der Waals surface area contributed by atoms with E-state index in [1.807, 2.05) is 27.7 Å². The number of aromatic nitrogens is 4. The molecule has 1 saturated heterocycles. The number of aliphatic imine (C=N–C) groups is 1. The Morgan fingerprint density at radius 3 is 2.07 bits per heavy atom. The Morgan fingerprint density at radius 1 is 0.911 bits per heavy atom. The van der Waals surface area contributed by atoms with Crippen molar-refractivity contribution in [3.05, 3.63) is 98.5 Å². The van der Waals surface area contributed by atoms with E-state index in [2.05, 4.69) is 36.2 Å². The Bertz CT molecular complexity index is 1800. The van der Waals surface area contributed by atoms with Gasteiger partial charge in [0.2, 0.25) is 5.91 Å². The number of alkyl halides is 1. The van der Waals surface area contributed by atoms with Crippen molar-refractivity contribution in [1.29, 1.82) is 0 Å². The van der Waals surface area contributed by atoms with Crippen LogP contribution in [0.25, 0.3) is 11.2 Å². The first-order chi connectivity index (χ1) is 21.4. The lowest BCUT2D eigenvalue weighted by Crippen LogP contribution is -2.60. The maximum atomic E-state index is 13.0. The van der Waals surface area contributed by atoms with E-state index >= 15 is 0 Å². The van der Waals surface area contributed by atoms with Gasteiger partial charge in [-0.2, -0.15) is 0 Å². The Kier molecular flexibility index (Phi) is 10.8. The van der Waals surface area contributed by atoms with Gasteiger partial charge < -0.3 is 4.57 Å². The van der Waals surface area contributed by atoms with Crippen molar-refractivity contribution in [3.63, 3.8) is 0 Å². The number of halogens is 3. The Balaban J connectivity index is 0.000000171. The van der Waals surface area contributed by atoms with Gasteiger partial charge in [0.05, 0.1) is 12.2 Å². The topological polar surface area (TPSA) is 134 Å². The van der Waals surface area contributed by atoms with Gasteiger partial charge in [-0.15, -0.1) is 0 Å². The first-order valence-electron chi connectivity index (χ1n) is 14.3. The molecule has 1 fully saturated rings. The molecule has 0 radical (unpaired) electrons. The molecular formula is C31H34BrF2N7O4. The van der Waals surface area contributed by atoms with Gasteiger partial charge in [0.1, 0.15) is 17.8 Å². The number of aromatic amines is 1. The molecule has 0 spiro atoms. The molecule has 4 heterocycles. The van der Waals surface area contributed by atoms with E-state index in [-0.39, 0.29) is 47.7 Å². The number of amides is 3. The Labute approximate surface area is 266 Å². The number of carbonyl (C=O) groups excluding carboxylic acids is 2. The van der Waals surface area contributed by atoms with Gasteiger partial charge in [0.25, 0.3) is 5.56 Å². The van der Waals surface area contributed by atoms with Gasteiger partial charge in [-0.25, -0.2) is 23.4 Å². The van der Waals surface area contributed by atoms with Crippen LogP contribution in [0.4, 0.5) is 13.6 Å². The van der Waals surface area contributed by atoms with E-state index < -0.39 is 11.2 Å². The average Bonchev–Trinajstić information content (AvgIpc) is 3.63. The molecule has 3 amide bonds.